The highest BCUT2D eigenvalue weighted by molar-refractivity contribution is 7.89. The Labute approximate surface area is 563 Å². The van der Waals surface area contributed by atoms with Crippen LogP contribution in [0.4, 0.5) is 20.2 Å². The maximum Gasteiger partial charge on any atom is 0.269 e. The highest BCUT2D eigenvalue weighted by Crippen LogP contribution is 2.26. The van der Waals surface area contributed by atoms with Crippen molar-refractivity contribution in [1.82, 2.24) is 40.5 Å². The number of nitrogens with one attached hydrogen (secondary N) is 6. The number of nitro benzene ring substituents is 1. The number of nitrogens with two attached hydrogens (primary N) is 1. The Morgan fingerprint density at radius 1 is 0.510 bits per heavy atom. The van der Waals surface area contributed by atoms with E-state index in [9.17, 15) is 65.1 Å². The van der Waals surface area contributed by atoms with Crippen molar-refractivity contribution in [1.29, 1.82) is 0 Å². The quantitative estimate of drug-likeness (QED) is 0.0111. The number of hydrogen-bond acceptors (Lipinski definition) is 15. The van der Waals surface area contributed by atoms with E-state index in [0.29, 0.717) is 16.8 Å². The molecular formula is C70H94F2N10O12S2. The van der Waals surface area contributed by atoms with Gasteiger partial charge in [0, 0.05) is 57.1 Å². The lowest BCUT2D eigenvalue weighted by molar-refractivity contribution is -0.384. The first-order chi connectivity index (χ1) is 45.0. The molecule has 0 spiro atoms. The lowest BCUT2D eigenvalue weighted by Crippen LogP contribution is -2.59. The fourth-order valence-corrected chi connectivity index (χ4v) is 13.5. The average Bonchev–Trinajstić information content (AvgIpc) is 0.812. The van der Waals surface area contributed by atoms with Gasteiger partial charge in [0.15, 0.2) is 0 Å². The minimum absolute atomic E-state index is 0.0334. The number of hydrogen-bond donors (Lipinski definition) is 9. The molecule has 10 N–H and O–H groups in total. The molecule has 0 saturated carbocycles. The Bertz CT molecular complexity index is 3710. The molecule has 6 rings (SSSR count). The molecule has 0 heterocycles. The minimum atomic E-state index is -4.20. The molecular weight excluding hydrogens is 1270 g/mol. The molecule has 0 fully saturated rings. The molecule has 0 radical (unpaired) electrons. The number of sulfonamides is 2. The number of carbonyl (C=O) groups is 4. The van der Waals surface area contributed by atoms with Gasteiger partial charge in [-0.3, -0.25) is 29.3 Å². The van der Waals surface area contributed by atoms with Gasteiger partial charge in [-0.2, -0.15) is 8.61 Å². The van der Waals surface area contributed by atoms with Crippen molar-refractivity contribution in [2.45, 2.75) is 141 Å². The lowest BCUT2D eigenvalue weighted by Gasteiger charge is -2.34. The van der Waals surface area contributed by atoms with Gasteiger partial charge in [0.25, 0.3) is 5.69 Å². The second-order valence-corrected chi connectivity index (χ2v) is 30.6. The number of aliphatic hydroxyl groups excluding tert-OH is 2. The van der Waals surface area contributed by atoms with Crippen LogP contribution >= 0.6 is 0 Å². The molecule has 6 atom stereocenters. The zero-order valence-corrected chi connectivity index (χ0v) is 57.8. The van der Waals surface area contributed by atoms with Gasteiger partial charge < -0.3 is 47.8 Å². The summed E-state index contributed by atoms with van der Waals surface area (Å²) in [6, 6.07) is 36.8. The number of nitro groups is 1. The molecule has 6 aromatic rings. The van der Waals surface area contributed by atoms with E-state index in [1.54, 1.807) is 57.2 Å². The lowest BCUT2D eigenvalue weighted by atomic mass is 9.85. The summed E-state index contributed by atoms with van der Waals surface area (Å²) in [4.78, 5) is 63.9. The number of nitrogens with zero attached hydrogens (tertiary/aromatic N) is 3. The number of anilines is 1. The number of amides is 4. The van der Waals surface area contributed by atoms with E-state index in [4.69, 9.17) is 5.73 Å². The van der Waals surface area contributed by atoms with E-state index in [2.05, 4.69) is 31.9 Å². The van der Waals surface area contributed by atoms with Gasteiger partial charge in [-0.15, -0.1) is 0 Å². The maximum absolute atomic E-state index is 13.8. The van der Waals surface area contributed by atoms with Crippen molar-refractivity contribution in [3.8, 4) is 0 Å². The van der Waals surface area contributed by atoms with Crippen molar-refractivity contribution in [3.63, 3.8) is 0 Å². The molecule has 0 aliphatic heterocycles. The molecule has 0 bridgehead atoms. The van der Waals surface area contributed by atoms with Crippen LogP contribution in [0.3, 0.4) is 0 Å². The van der Waals surface area contributed by atoms with Crippen molar-refractivity contribution in [2.24, 2.45) is 22.7 Å². The van der Waals surface area contributed by atoms with Gasteiger partial charge in [0.05, 0.1) is 52.1 Å². The predicted octanol–water partition coefficient (Wildman–Crippen LogP) is 7.25. The van der Waals surface area contributed by atoms with Crippen LogP contribution in [0.25, 0.3) is 0 Å². The van der Waals surface area contributed by atoms with Gasteiger partial charge in [-0.25, -0.2) is 25.6 Å². The van der Waals surface area contributed by atoms with E-state index in [1.165, 1.54) is 52.8 Å². The first kappa shape index (κ1) is 78.6. The molecule has 0 aliphatic carbocycles. The number of halogens is 2. The van der Waals surface area contributed by atoms with Gasteiger partial charge >= 0.3 is 0 Å². The third-order valence-electron chi connectivity index (χ3n) is 15.2. The topological polar surface area (TPSA) is 325 Å². The number of benzene rings is 6. The first-order valence-corrected chi connectivity index (χ1v) is 34.6. The summed E-state index contributed by atoms with van der Waals surface area (Å²) in [5.41, 5.74) is 7.39. The predicted molar refractivity (Wildman–Crippen MR) is 366 cm³/mol. The largest absolute Gasteiger partial charge is 0.399 e. The Balaban J connectivity index is 0.000000348. The molecule has 522 valence electrons. The van der Waals surface area contributed by atoms with Gasteiger partial charge in [-0.1, -0.05) is 154 Å². The van der Waals surface area contributed by atoms with E-state index in [-0.39, 0.29) is 98.3 Å². The Morgan fingerprint density at radius 3 is 1.18 bits per heavy atom. The zero-order valence-electron chi connectivity index (χ0n) is 56.2. The molecule has 96 heavy (non-hydrogen) atoms. The van der Waals surface area contributed by atoms with E-state index < -0.39 is 102 Å². The zero-order chi connectivity index (χ0) is 71.1. The average molecular weight is 1370 g/mol. The van der Waals surface area contributed by atoms with Crippen LogP contribution in [0.2, 0.25) is 0 Å². The number of aliphatic hydroxyl groups is 2. The fourth-order valence-electron chi connectivity index (χ4n) is 10.2. The molecule has 26 heteroatoms. The molecule has 4 amide bonds. The molecule has 0 aromatic heterocycles. The smallest absolute Gasteiger partial charge is 0.269 e. The van der Waals surface area contributed by atoms with E-state index in [1.807, 2.05) is 97.0 Å². The second-order valence-electron chi connectivity index (χ2n) is 26.7. The Kier molecular flexibility index (Phi) is 29.7. The number of non-ortho nitro benzene ring substituents is 1. The summed E-state index contributed by atoms with van der Waals surface area (Å²) in [5.74, 6) is -2.96. The van der Waals surface area contributed by atoms with Crippen LogP contribution in [0.1, 0.15) is 91.5 Å². The van der Waals surface area contributed by atoms with Crippen LogP contribution in [0, 0.1) is 44.4 Å². The summed E-state index contributed by atoms with van der Waals surface area (Å²) < 4.78 is 84.2. The van der Waals surface area contributed by atoms with Gasteiger partial charge in [-0.05, 0) is 118 Å². The van der Waals surface area contributed by atoms with E-state index >= 15 is 0 Å². The van der Waals surface area contributed by atoms with Crippen LogP contribution in [0.15, 0.2) is 168 Å². The SMILES string of the molecule is CC(C)CN(CC(O)C(Cc1ccccc1)NC(=O)[C@@H](NC(=O)CNCc1cccc(F)c1)C(C)(C)C)S(=O)(=O)c1ccc(N)cc1.CC(C)CN(CC(O)C(Cc1ccccc1)NC(=O)[C@@H](NC(=O)CNCc1cccc(F)c1)C(C)(C)C)S(=O)(=O)c1ccc([N+](=O)[O-])cc1. The molecule has 0 saturated heterocycles. The number of nitrogen functional groups attached to an aromatic ring is 1. The highest BCUT2D eigenvalue weighted by atomic mass is 32.2. The third-order valence-corrected chi connectivity index (χ3v) is 18.9. The van der Waals surface area contributed by atoms with Crippen molar-refractivity contribution < 1.29 is 59.9 Å². The summed E-state index contributed by atoms with van der Waals surface area (Å²) in [6.07, 6.45) is -2.32. The third kappa shape index (κ3) is 25.5. The monoisotopic (exact) mass is 1370 g/mol. The summed E-state index contributed by atoms with van der Waals surface area (Å²) in [6.45, 7) is 17.9. The van der Waals surface area contributed by atoms with Crippen molar-refractivity contribution >= 4 is 55.1 Å². The van der Waals surface area contributed by atoms with Crippen molar-refractivity contribution in [2.75, 3.05) is 45.0 Å². The van der Waals surface area contributed by atoms with Crippen LogP contribution < -0.4 is 37.6 Å². The van der Waals surface area contributed by atoms with E-state index in [0.717, 1.165) is 39.7 Å². The Morgan fingerprint density at radius 2 is 0.854 bits per heavy atom. The minimum Gasteiger partial charge on any atom is -0.399 e. The normalized spacial score (nSPS) is 14.0. The second kappa shape index (κ2) is 36.3. The van der Waals surface area contributed by atoms with Gasteiger partial charge in [0.1, 0.15) is 23.7 Å². The summed E-state index contributed by atoms with van der Waals surface area (Å²) in [5, 5.41) is 51.6. The van der Waals surface area contributed by atoms with Crippen molar-refractivity contribution in [3.05, 3.63) is 202 Å². The number of rotatable bonds is 33. The van der Waals surface area contributed by atoms with Crippen LogP contribution in [0.5, 0.6) is 0 Å². The standard InChI is InChI=1S/C35H46FN5O7S.C35H48FN5O5S/c1-24(2)22-40(49(47,48)29-16-14-28(15-17-29)41(45)46)23-31(42)30(19-25-10-7-6-8-11-25)38-34(44)33(35(3,4)5)39-32(43)21-37-20-26-12-9-13-27(36)18-26;1-24(2)22-41(47(45,46)29-16-14-28(37)15-17-29)23-31(42)30(19-25-10-7-6-8-11-25)39-34(44)33(35(3,4)5)40-32(43)21-38-20-26-12-9-13-27(36)18-26/h6-18,24,30-31,33,37,42H,19-23H2,1-5H3,(H,38,44)(H,39,43);6-18,24,30-31,33,38,42H,19-23,37H2,1-5H3,(H,39,44)(H,40,43)/t2*30?,31?,33-/m11/s1. The summed E-state index contributed by atoms with van der Waals surface area (Å²) in [7, 11) is -8.21. The molecule has 4 unspecified atom stereocenters. The Hall–Kier alpha value is -8.08. The van der Waals surface area contributed by atoms with Crippen LogP contribution in [-0.2, 0) is 65.2 Å². The summed E-state index contributed by atoms with van der Waals surface area (Å²) >= 11 is 0. The molecule has 22 nitrogen and oxygen atoms in total. The number of carbonyl (C=O) groups excluding carboxylic acids is 4. The van der Waals surface area contributed by atoms with Gasteiger partial charge in [0.2, 0.25) is 43.7 Å². The highest BCUT2D eigenvalue weighted by Gasteiger charge is 2.39. The molecule has 6 aromatic carbocycles. The van der Waals surface area contributed by atoms with Crippen LogP contribution in [-0.4, -0.2) is 140 Å². The fraction of sp³-hybridized carbons (Fsp3) is 0.429. The first-order valence-electron chi connectivity index (χ1n) is 31.7. The maximum atomic E-state index is 13.8. The molecule has 0 aliphatic rings.